The predicted octanol–water partition coefficient (Wildman–Crippen LogP) is 1.33. The molecule has 1 aliphatic heterocycles. The maximum atomic E-state index is 3.38. The summed E-state index contributed by atoms with van der Waals surface area (Å²) in [4.78, 5) is 2.59. The first kappa shape index (κ1) is 10.0. The van der Waals surface area contributed by atoms with Crippen LogP contribution in [-0.4, -0.2) is 37.1 Å². The van der Waals surface area contributed by atoms with Crippen LogP contribution < -0.4 is 5.32 Å². The van der Waals surface area contributed by atoms with Crippen LogP contribution in [0.1, 0.15) is 27.2 Å². The normalized spacial score (nSPS) is 23.0. The minimum absolute atomic E-state index is 0.770. The molecule has 72 valence electrons. The smallest absolute Gasteiger partial charge is 0.0110 e. The fourth-order valence-electron chi connectivity index (χ4n) is 1.95. The van der Waals surface area contributed by atoms with Gasteiger partial charge < -0.3 is 5.32 Å². The van der Waals surface area contributed by atoms with Crippen LogP contribution in [0.2, 0.25) is 0 Å². The third-order valence-corrected chi connectivity index (χ3v) is 2.59. The maximum absolute atomic E-state index is 3.38. The van der Waals surface area contributed by atoms with Gasteiger partial charge in [-0.3, -0.25) is 4.90 Å². The summed E-state index contributed by atoms with van der Waals surface area (Å²) in [6.45, 7) is 11.8. The molecule has 1 atom stereocenters. The van der Waals surface area contributed by atoms with Crippen molar-refractivity contribution in [2.24, 2.45) is 5.92 Å². The van der Waals surface area contributed by atoms with Crippen molar-refractivity contribution in [1.29, 1.82) is 0 Å². The zero-order chi connectivity index (χ0) is 8.97. The van der Waals surface area contributed by atoms with Crippen LogP contribution >= 0.6 is 0 Å². The van der Waals surface area contributed by atoms with Crippen molar-refractivity contribution in [3.8, 4) is 0 Å². The van der Waals surface area contributed by atoms with Gasteiger partial charge in [0.25, 0.3) is 0 Å². The highest BCUT2D eigenvalue weighted by Crippen LogP contribution is 2.11. The minimum atomic E-state index is 0.770. The van der Waals surface area contributed by atoms with Crippen molar-refractivity contribution >= 4 is 0 Å². The van der Waals surface area contributed by atoms with E-state index in [0.29, 0.717) is 0 Å². The van der Waals surface area contributed by atoms with Gasteiger partial charge in [0.2, 0.25) is 0 Å². The first-order valence-corrected chi connectivity index (χ1v) is 5.15. The molecule has 0 aromatic carbocycles. The number of nitrogens with zero attached hydrogens (tertiary/aromatic N) is 1. The van der Waals surface area contributed by atoms with Crippen molar-refractivity contribution in [3.63, 3.8) is 0 Å². The third kappa shape index (κ3) is 3.11. The second-order valence-corrected chi connectivity index (χ2v) is 4.26. The molecule has 0 aliphatic carbocycles. The van der Waals surface area contributed by atoms with Crippen molar-refractivity contribution in [3.05, 3.63) is 0 Å². The van der Waals surface area contributed by atoms with Crippen LogP contribution in [-0.2, 0) is 0 Å². The summed E-state index contributed by atoms with van der Waals surface area (Å²) in [5.41, 5.74) is 0. The average Bonchev–Trinajstić information content (AvgIpc) is 2.05. The lowest BCUT2D eigenvalue weighted by atomic mass is 10.0. The van der Waals surface area contributed by atoms with Crippen molar-refractivity contribution in [1.82, 2.24) is 10.2 Å². The van der Waals surface area contributed by atoms with Gasteiger partial charge in [0, 0.05) is 32.2 Å². The molecule has 0 aromatic rings. The predicted molar refractivity (Wildman–Crippen MR) is 53.4 cm³/mol. The largest absolute Gasteiger partial charge is 0.314 e. The van der Waals surface area contributed by atoms with Crippen molar-refractivity contribution < 1.29 is 0 Å². The number of nitrogens with one attached hydrogen (secondary N) is 1. The zero-order valence-corrected chi connectivity index (χ0v) is 8.64. The van der Waals surface area contributed by atoms with Gasteiger partial charge in [0.15, 0.2) is 0 Å². The molecule has 1 saturated heterocycles. The lowest BCUT2D eigenvalue weighted by molar-refractivity contribution is 0.165. The van der Waals surface area contributed by atoms with Gasteiger partial charge >= 0.3 is 0 Å². The Morgan fingerprint density at radius 3 is 2.25 bits per heavy atom. The van der Waals surface area contributed by atoms with Crippen LogP contribution in [0.25, 0.3) is 0 Å². The molecule has 2 nitrogen and oxygen atoms in total. The number of rotatable bonds is 3. The van der Waals surface area contributed by atoms with E-state index in [1.807, 2.05) is 0 Å². The Morgan fingerprint density at radius 1 is 1.17 bits per heavy atom. The van der Waals surface area contributed by atoms with Crippen molar-refractivity contribution in [2.75, 3.05) is 26.2 Å². The first-order valence-electron chi connectivity index (χ1n) is 5.15. The Labute approximate surface area is 76.3 Å². The van der Waals surface area contributed by atoms with Gasteiger partial charge in [-0.2, -0.15) is 0 Å². The summed E-state index contributed by atoms with van der Waals surface area (Å²) >= 11 is 0. The second kappa shape index (κ2) is 4.83. The highest BCUT2D eigenvalue weighted by Gasteiger charge is 2.16. The topological polar surface area (TPSA) is 15.3 Å². The molecule has 2 heteroatoms. The van der Waals surface area contributed by atoms with E-state index in [1.165, 1.54) is 32.6 Å². The Morgan fingerprint density at radius 2 is 1.75 bits per heavy atom. The quantitative estimate of drug-likeness (QED) is 0.687. The molecule has 1 aliphatic rings. The number of piperazine rings is 1. The fraction of sp³-hybridized carbons (Fsp3) is 1.00. The molecular formula is C10H22N2. The van der Waals surface area contributed by atoms with E-state index in [1.54, 1.807) is 0 Å². The molecule has 0 radical (unpaired) electrons. The SMILES string of the molecule is CC(C)C[C@@H](C)N1CCNCC1. The number of hydrogen-bond acceptors (Lipinski definition) is 2. The van der Waals surface area contributed by atoms with Crippen LogP contribution in [0.3, 0.4) is 0 Å². The van der Waals surface area contributed by atoms with Gasteiger partial charge in [-0.05, 0) is 19.3 Å². The molecule has 1 rings (SSSR count). The standard InChI is InChI=1S/C10H22N2/c1-9(2)8-10(3)12-6-4-11-5-7-12/h9-11H,4-8H2,1-3H3/t10-/m1/s1. The monoisotopic (exact) mass is 170 g/mol. The molecule has 1 N–H and O–H groups in total. The Kier molecular flexibility index (Phi) is 4.02. The third-order valence-electron chi connectivity index (χ3n) is 2.59. The molecule has 0 spiro atoms. The Balaban J connectivity index is 2.24. The molecule has 0 amide bonds. The molecule has 1 heterocycles. The van der Waals surface area contributed by atoms with Crippen LogP contribution in [0.15, 0.2) is 0 Å². The molecule has 1 fully saturated rings. The lowest BCUT2D eigenvalue weighted by Gasteiger charge is -2.33. The summed E-state index contributed by atoms with van der Waals surface area (Å²) < 4.78 is 0. The van der Waals surface area contributed by atoms with E-state index in [2.05, 4.69) is 31.0 Å². The van der Waals surface area contributed by atoms with Gasteiger partial charge in [0.05, 0.1) is 0 Å². The van der Waals surface area contributed by atoms with Gasteiger partial charge in [-0.25, -0.2) is 0 Å². The van der Waals surface area contributed by atoms with Gasteiger partial charge in [0.1, 0.15) is 0 Å². The van der Waals surface area contributed by atoms with E-state index >= 15 is 0 Å². The van der Waals surface area contributed by atoms with Gasteiger partial charge in [-0.1, -0.05) is 13.8 Å². The van der Waals surface area contributed by atoms with Crippen LogP contribution in [0, 0.1) is 5.92 Å². The summed E-state index contributed by atoms with van der Waals surface area (Å²) in [5.74, 6) is 0.829. The fourth-order valence-corrected chi connectivity index (χ4v) is 1.95. The molecule has 12 heavy (non-hydrogen) atoms. The summed E-state index contributed by atoms with van der Waals surface area (Å²) in [6.07, 6.45) is 1.33. The highest BCUT2D eigenvalue weighted by atomic mass is 15.2. The summed E-state index contributed by atoms with van der Waals surface area (Å²) in [7, 11) is 0. The Hall–Kier alpha value is -0.0800. The van der Waals surface area contributed by atoms with E-state index in [4.69, 9.17) is 0 Å². The van der Waals surface area contributed by atoms with Crippen LogP contribution in [0.5, 0.6) is 0 Å². The van der Waals surface area contributed by atoms with Crippen LogP contribution in [0.4, 0.5) is 0 Å². The lowest BCUT2D eigenvalue weighted by Crippen LogP contribution is -2.47. The van der Waals surface area contributed by atoms with E-state index in [0.717, 1.165) is 12.0 Å². The molecule has 0 saturated carbocycles. The van der Waals surface area contributed by atoms with Crippen molar-refractivity contribution in [2.45, 2.75) is 33.2 Å². The highest BCUT2D eigenvalue weighted by molar-refractivity contribution is 4.74. The Bertz CT molecular complexity index is 117. The second-order valence-electron chi connectivity index (χ2n) is 4.26. The number of hydrogen-bond donors (Lipinski definition) is 1. The van der Waals surface area contributed by atoms with E-state index in [9.17, 15) is 0 Å². The molecule has 0 bridgehead atoms. The molecular weight excluding hydrogens is 148 g/mol. The minimum Gasteiger partial charge on any atom is -0.314 e. The maximum Gasteiger partial charge on any atom is 0.0110 e. The zero-order valence-electron chi connectivity index (χ0n) is 8.64. The first-order chi connectivity index (χ1) is 5.70. The van der Waals surface area contributed by atoms with Gasteiger partial charge in [-0.15, -0.1) is 0 Å². The molecule has 0 unspecified atom stereocenters. The summed E-state index contributed by atoms with van der Waals surface area (Å²) in [5, 5.41) is 3.38. The van der Waals surface area contributed by atoms with E-state index in [-0.39, 0.29) is 0 Å². The summed E-state index contributed by atoms with van der Waals surface area (Å²) in [6, 6.07) is 0.770. The molecule has 0 aromatic heterocycles. The van der Waals surface area contributed by atoms with E-state index < -0.39 is 0 Å². The average molecular weight is 170 g/mol.